The molecule has 1 unspecified atom stereocenters. The summed E-state index contributed by atoms with van der Waals surface area (Å²) in [5, 5.41) is 2.97. The van der Waals surface area contributed by atoms with Gasteiger partial charge in [0, 0.05) is 0 Å². The molecule has 1 atom stereocenters. The molecule has 1 amide bonds. The predicted octanol–water partition coefficient (Wildman–Crippen LogP) is 4.63. The maximum absolute atomic E-state index is 13.1. The molecule has 5 nitrogen and oxygen atoms in total. The van der Waals surface area contributed by atoms with Gasteiger partial charge in [0.25, 0.3) is 0 Å². The number of amides is 1. The Kier molecular flexibility index (Phi) is 5.75. The second-order valence-corrected chi connectivity index (χ2v) is 7.05. The van der Waals surface area contributed by atoms with E-state index in [4.69, 9.17) is 4.74 Å². The second kappa shape index (κ2) is 8.78. The van der Waals surface area contributed by atoms with E-state index in [1.807, 2.05) is 66.1 Å². The number of halogens is 1. The lowest BCUT2D eigenvalue weighted by atomic mass is 10.1. The molecule has 0 aliphatic carbocycles. The Labute approximate surface area is 174 Å². The highest BCUT2D eigenvalue weighted by Gasteiger charge is 2.16. The molecule has 1 aromatic heterocycles. The van der Waals surface area contributed by atoms with E-state index in [0.29, 0.717) is 5.82 Å². The molecular weight excluding hydrogens is 381 g/mol. The number of carbonyl (C=O) groups excluding carboxylic acids is 1. The number of hydrogen-bond donors (Lipinski definition) is 1. The van der Waals surface area contributed by atoms with Gasteiger partial charge < -0.3 is 14.6 Å². The summed E-state index contributed by atoms with van der Waals surface area (Å²) in [5.74, 6) is 0.955. The standard InChI is InChI=1S/C24H22FN3O2/c1-17(18-11-13-19(25)14-12-18)26-24(29)15-28-22-10-6-5-9-21(22)27-23(28)16-30-20-7-3-2-4-8-20/h2-14,17H,15-16H2,1H3,(H,26,29). The summed E-state index contributed by atoms with van der Waals surface area (Å²) in [6, 6.07) is 23.1. The zero-order chi connectivity index (χ0) is 20.9. The van der Waals surface area contributed by atoms with Crippen molar-refractivity contribution in [2.75, 3.05) is 0 Å². The van der Waals surface area contributed by atoms with E-state index in [1.165, 1.54) is 12.1 Å². The van der Waals surface area contributed by atoms with Gasteiger partial charge in [0.15, 0.2) is 0 Å². The molecule has 30 heavy (non-hydrogen) atoms. The van der Waals surface area contributed by atoms with Crippen LogP contribution in [0.25, 0.3) is 11.0 Å². The molecule has 6 heteroatoms. The van der Waals surface area contributed by atoms with E-state index in [0.717, 1.165) is 22.3 Å². The van der Waals surface area contributed by atoms with Gasteiger partial charge in [-0.15, -0.1) is 0 Å². The predicted molar refractivity (Wildman–Crippen MR) is 113 cm³/mol. The van der Waals surface area contributed by atoms with Gasteiger partial charge in [-0.1, -0.05) is 42.5 Å². The zero-order valence-corrected chi connectivity index (χ0v) is 16.6. The number of nitrogens with zero attached hydrogens (tertiary/aromatic N) is 2. The number of ether oxygens (including phenoxy) is 1. The van der Waals surface area contributed by atoms with Crippen molar-refractivity contribution >= 4 is 16.9 Å². The number of rotatable bonds is 7. The van der Waals surface area contributed by atoms with E-state index >= 15 is 0 Å². The van der Waals surface area contributed by atoms with E-state index in [2.05, 4.69) is 10.3 Å². The van der Waals surface area contributed by atoms with Crippen LogP contribution in [0.5, 0.6) is 5.75 Å². The van der Waals surface area contributed by atoms with Crippen LogP contribution in [0.4, 0.5) is 4.39 Å². The normalized spacial score (nSPS) is 11.9. The Morgan fingerprint density at radius 3 is 2.50 bits per heavy atom. The molecule has 1 heterocycles. The Balaban J connectivity index is 1.51. The van der Waals surface area contributed by atoms with Gasteiger partial charge >= 0.3 is 0 Å². The third-order valence-corrected chi connectivity index (χ3v) is 4.89. The van der Waals surface area contributed by atoms with Crippen LogP contribution in [0.3, 0.4) is 0 Å². The molecule has 0 spiro atoms. The van der Waals surface area contributed by atoms with Crippen molar-refractivity contribution in [1.82, 2.24) is 14.9 Å². The highest BCUT2D eigenvalue weighted by atomic mass is 19.1. The first-order valence-electron chi connectivity index (χ1n) is 9.77. The molecule has 0 saturated heterocycles. The first-order chi connectivity index (χ1) is 14.6. The van der Waals surface area contributed by atoms with Gasteiger partial charge in [-0.2, -0.15) is 0 Å². The number of carbonyl (C=O) groups is 1. The number of fused-ring (bicyclic) bond motifs is 1. The van der Waals surface area contributed by atoms with Gasteiger partial charge in [-0.25, -0.2) is 9.37 Å². The lowest BCUT2D eigenvalue weighted by Crippen LogP contribution is -2.30. The van der Waals surface area contributed by atoms with Crippen molar-refractivity contribution in [3.05, 3.63) is 96.1 Å². The fourth-order valence-corrected chi connectivity index (χ4v) is 3.34. The summed E-state index contributed by atoms with van der Waals surface area (Å²) in [4.78, 5) is 17.4. The van der Waals surface area contributed by atoms with E-state index in [-0.39, 0.29) is 30.9 Å². The minimum Gasteiger partial charge on any atom is -0.486 e. The van der Waals surface area contributed by atoms with Gasteiger partial charge in [0.05, 0.1) is 17.1 Å². The van der Waals surface area contributed by atoms with Crippen molar-refractivity contribution in [1.29, 1.82) is 0 Å². The second-order valence-electron chi connectivity index (χ2n) is 7.05. The number of aromatic nitrogens is 2. The molecule has 0 bridgehead atoms. The molecule has 4 aromatic rings. The minimum atomic E-state index is -0.301. The summed E-state index contributed by atoms with van der Waals surface area (Å²) in [7, 11) is 0. The lowest BCUT2D eigenvalue weighted by Gasteiger charge is -2.16. The van der Waals surface area contributed by atoms with Gasteiger partial charge in [-0.05, 0) is 48.9 Å². The first kappa shape index (κ1) is 19.6. The lowest BCUT2D eigenvalue weighted by molar-refractivity contribution is -0.122. The largest absolute Gasteiger partial charge is 0.486 e. The molecule has 0 saturated carbocycles. The molecular formula is C24H22FN3O2. The molecule has 3 aromatic carbocycles. The van der Waals surface area contributed by atoms with Crippen LogP contribution in [-0.4, -0.2) is 15.5 Å². The number of hydrogen-bond acceptors (Lipinski definition) is 3. The summed E-state index contributed by atoms with van der Waals surface area (Å²) in [5.41, 5.74) is 2.52. The smallest absolute Gasteiger partial charge is 0.240 e. The third kappa shape index (κ3) is 4.49. The molecule has 152 valence electrons. The van der Waals surface area contributed by atoms with Gasteiger partial charge in [0.2, 0.25) is 5.91 Å². The van der Waals surface area contributed by atoms with Crippen LogP contribution in [0.1, 0.15) is 24.4 Å². The quantitative estimate of drug-likeness (QED) is 0.489. The van der Waals surface area contributed by atoms with Crippen LogP contribution in [0.15, 0.2) is 78.9 Å². The van der Waals surface area contributed by atoms with Gasteiger partial charge in [-0.3, -0.25) is 4.79 Å². The number of imidazole rings is 1. The molecule has 0 aliphatic heterocycles. The molecule has 0 radical (unpaired) electrons. The molecule has 1 N–H and O–H groups in total. The average Bonchev–Trinajstić information content (AvgIpc) is 3.10. The van der Waals surface area contributed by atoms with Crippen LogP contribution in [0, 0.1) is 5.82 Å². The molecule has 0 fully saturated rings. The number of nitrogens with one attached hydrogen (secondary N) is 1. The maximum atomic E-state index is 13.1. The molecule has 4 rings (SSSR count). The van der Waals surface area contributed by atoms with Crippen molar-refractivity contribution in [3.63, 3.8) is 0 Å². The van der Waals surface area contributed by atoms with Crippen molar-refractivity contribution in [2.45, 2.75) is 26.1 Å². The van der Waals surface area contributed by atoms with Crippen molar-refractivity contribution in [3.8, 4) is 5.75 Å². The fraction of sp³-hybridized carbons (Fsp3) is 0.167. The highest BCUT2D eigenvalue weighted by Crippen LogP contribution is 2.19. The van der Waals surface area contributed by atoms with E-state index in [9.17, 15) is 9.18 Å². The van der Waals surface area contributed by atoms with Crippen LogP contribution >= 0.6 is 0 Å². The fourth-order valence-electron chi connectivity index (χ4n) is 3.34. The summed E-state index contributed by atoms with van der Waals surface area (Å²) < 4.78 is 20.9. The van der Waals surface area contributed by atoms with Gasteiger partial charge in [0.1, 0.15) is 30.5 Å². The summed E-state index contributed by atoms with van der Waals surface area (Å²) in [6.45, 7) is 2.23. The summed E-state index contributed by atoms with van der Waals surface area (Å²) in [6.07, 6.45) is 0. The first-order valence-corrected chi connectivity index (χ1v) is 9.77. The maximum Gasteiger partial charge on any atom is 0.240 e. The minimum absolute atomic E-state index is 0.111. The van der Waals surface area contributed by atoms with Crippen LogP contribution in [0.2, 0.25) is 0 Å². The Bertz CT molecular complexity index is 1140. The average molecular weight is 403 g/mol. The zero-order valence-electron chi connectivity index (χ0n) is 16.6. The Morgan fingerprint density at radius 2 is 1.73 bits per heavy atom. The van der Waals surface area contributed by atoms with E-state index < -0.39 is 0 Å². The summed E-state index contributed by atoms with van der Waals surface area (Å²) >= 11 is 0. The number of benzene rings is 3. The Hall–Kier alpha value is -3.67. The van der Waals surface area contributed by atoms with Crippen molar-refractivity contribution in [2.24, 2.45) is 0 Å². The third-order valence-electron chi connectivity index (χ3n) is 4.89. The van der Waals surface area contributed by atoms with Crippen LogP contribution < -0.4 is 10.1 Å². The highest BCUT2D eigenvalue weighted by molar-refractivity contribution is 5.81. The Morgan fingerprint density at radius 1 is 1.03 bits per heavy atom. The molecule has 0 aliphatic rings. The van der Waals surface area contributed by atoms with E-state index in [1.54, 1.807) is 12.1 Å². The van der Waals surface area contributed by atoms with Crippen LogP contribution in [-0.2, 0) is 17.9 Å². The monoisotopic (exact) mass is 403 g/mol. The number of para-hydroxylation sites is 3. The van der Waals surface area contributed by atoms with Crippen molar-refractivity contribution < 1.29 is 13.9 Å². The SMILES string of the molecule is CC(NC(=O)Cn1c(COc2ccccc2)nc2ccccc21)c1ccc(F)cc1. The topological polar surface area (TPSA) is 56.2 Å².